The maximum absolute atomic E-state index is 11.4. The number of nitrogens with one attached hydrogen (secondary N) is 2. The number of benzene rings is 2. The molecular formula is C13H12N2O2. The summed E-state index contributed by atoms with van der Waals surface area (Å²) in [5, 5.41) is 2.64. The van der Waals surface area contributed by atoms with Gasteiger partial charge in [0.25, 0.3) is 0 Å². The SMILES string of the molecule is O=C(NOc1ccccc1)Nc1ccccc1. The number of carbonyl (C=O) groups excluding carboxylic acids is 1. The van der Waals surface area contributed by atoms with E-state index in [-0.39, 0.29) is 0 Å². The zero-order chi connectivity index (χ0) is 11.9. The van der Waals surface area contributed by atoms with Crippen LogP contribution in [0.2, 0.25) is 0 Å². The van der Waals surface area contributed by atoms with Crippen LogP contribution in [0.3, 0.4) is 0 Å². The normalized spacial score (nSPS) is 9.41. The first-order valence-electron chi connectivity index (χ1n) is 5.18. The van der Waals surface area contributed by atoms with Crippen LogP contribution in [0.1, 0.15) is 0 Å². The molecule has 0 saturated heterocycles. The Labute approximate surface area is 99.2 Å². The molecule has 0 heterocycles. The molecule has 0 radical (unpaired) electrons. The summed E-state index contributed by atoms with van der Waals surface area (Å²) >= 11 is 0. The van der Waals surface area contributed by atoms with Crippen molar-refractivity contribution in [1.29, 1.82) is 0 Å². The van der Waals surface area contributed by atoms with Crippen molar-refractivity contribution in [2.75, 3.05) is 5.32 Å². The van der Waals surface area contributed by atoms with Crippen LogP contribution < -0.4 is 15.6 Å². The van der Waals surface area contributed by atoms with Gasteiger partial charge in [-0.3, -0.25) is 0 Å². The Hall–Kier alpha value is -2.49. The quantitative estimate of drug-likeness (QED) is 0.793. The van der Waals surface area contributed by atoms with Gasteiger partial charge in [0.1, 0.15) is 0 Å². The van der Waals surface area contributed by atoms with Gasteiger partial charge in [0.15, 0.2) is 5.75 Å². The van der Waals surface area contributed by atoms with E-state index in [0.717, 1.165) is 0 Å². The van der Waals surface area contributed by atoms with Gasteiger partial charge < -0.3 is 10.2 Å². The number of rotatable bonds is 3. The fourth-order valence-electron chi connectivity index (χ4n) is 1.27. The van der Waals surface area contributed by atoms with Crippen molar-refractivity contribution in [3.8, 4) is 5.75 Å². The van der Waals surface area contributed by atoms with Crippen LogP contribution in [0.15, 0.2) is 60.7 Å². The molecule has 0 aromatic heterocycles. The lowest BCUT2D eigenvalue weighted by atomic mass is 10.3. The number of hydroxylamine groups is 1. The third kappa shape index (κ3) is 3.53. The van der Waals surface area contributed by atoms with Crippen LogP contribution in [0.4, 0.5) is 10.5 Å². The highest BCUT2D eigenvalue weighted by Gasteiger charge is 2.01. The van der Waals surface area contributed by atoms with Crippen LogP contribution in [0.25, 0.3) is 0 Å². The van der Waals surface area contributed by atoms with E-state index >= 15 is 0 Å². The Balaban J connectivity index is 1.83. The van der Waals surface area contributed by atoms with Crippen molar-refractivity contribution < 1.29 is 9.63 Å². The smallest absolute Gasteiger partial charge is 0.352 e. The molecule has 4 nitrogen and oxygen atoms in total. The second kappa shape index (κ2) is 5.55. The Morgan fingerprint density at radius 1 is 0.882 bits per heavy atom. The van der Waals surface area contributed by atoms with Crippen LogP contribution in [-0.2, 0) is 0 Å². The second-order valence-corrected chi connectivity index (χ2v) is 3.34. The van der Waals surface area contributed by atoms with Crippen molar-refractivity contribution in [1.82, 2.24) is 5.48 Å². The Bertz CT molecular complexity index is 471. The van der Waals surface area contributed by atoms with Gasteiger partial charge in [-0.1, -0.05) is 36.4 Å². The van der Waals surface area contributed by atoms with E-state index in [9.17, 15) is 4.79 Å². The van der Waals surface area contributed by atoms with E-state index < -0.39 is 6.03 Å². The highest BCUT2D eigenvalue weighted by atomic mass is 16.7. The van der Waals surface area contributed by atoms with Crippen molar-refractivity contribution in [2.24, 2.45) is 0 Å². The summed E-state index contributed by atoms with van der Waals surface area (Å²) in [6.45, 7) is 0. The monoisotopic (exact) mass is 228 g/mol. The maximum atomic E-state index is 11.4. The molecule has 17 heavy (non-hydrogen) atoms. The predicted molar refractivity (Wildman–Crippen MR) is 65.7 cm³/mol. The lowest BCUT2D eigenvalue weighted by Crippen LogP contribution is -2.31. The third-order valence-electron chi connectivity index (χ3n) is 2.04. The summed E-state index contributed by atoms with van der Waals surface area (Å²) in [7, 11) is 0. The number of amides is 2. The highest BCUT2D eigenvalue weighted by molar-refractivity contribution is 5.88. The highest BCUT2D eigenvalue weighted by Crippen LogP contribution is 2.07. The van der Waals surface area contributed by atoms with E-state index in [0.29, 0.717) is 11.4 Å². The average Bonchev–Trinajstić information content (AvgIpc) is 2.39. The molecule has 0 aliphatic rings. The van der Waals surface area contributed by atoms with Crippen molar-refractivity contribution >= 4 is 11.7 Å². The number of anilines is 1. The van der Waals surface area contributed by atoms with Crippen molar-refractivity contribution in [3.63, 3.8) is 0 Å². The Kier molecular flexibility index (Phi) is 3.60. The molecule has 0 saturated carbocycles. The van der Waals surface area contributed by atoms with Gasteiger partial charge in [-0.15, -0.1) is 0 Å². The maximum Gasteiger partial charge on any atom is 0.352 e. The molecule has 0 fully saturated rings. The molecule has 2 N–H and O–H groups in total. The van der Waals surface area contributed by atoms with E-state index in [4.69, 9.17) is 4.84 Å². The zero-order valence-electron chi connectivity index (χ0n) is 9.09. The topological polar surface area (TPSA) is 50.4 Å². The number of carbonyl (C=O) groups is 1. The van der Waals surface area contributed by atoms with Crippen molar-refractivity contribution in [3.05, 3.63) is 60.7 Å². The second-order valence-electron chi connectivity index (χ2n) is 3.34. The van der Waals surface area contributed by atoms with Gasteiger partial charge in [0.05, 0.1) is 0 Å². The lowest BCUT2D eigenvalue weighted by molar-refractivity contribution is 0.189. The van der Waals surface area contributed by atoms with Crippen LogP contribution in [-0.4, -0.2) is 6.03 Å². The van der Waals surface area contributed by atoms with Gasteiger partial charge in [-0.05, 0) is 24.3 Å². The van der Waals surface area contributed by atoms with Crippen LogP contribution in [0, 0.1) is 0 Å². The first-order valence-corrected chi connectivity index (χ1v) is 5.18. The lowest BCUT2D eigenvalue weighted by Gasteiger charge is -2.08. The van der Waals surface area contributed by atoms with Gasteiger partial charge in [0.2, 0.25) is 0 Å². The molecule has 2 aromatic rings. The number of para-hydroxylation sites is 2. The Morgan fingerprint density at radius 3 is 2.12 bits per heavy atom. The summed E-state index contributed by atoms with van der Waals surface area (Å²) in [6, 6.07) is 17.8. The molecule has 2 aromatic carbocycles. The van der Waals surface area contributed by atoms with Gasteiger partial charge in [0, 0.05) is 5.69 Å². The van der Waals surface area contributed by atoms with Gasteiger partial charge in [-0.2, -0.15) is 5.48 Å². The standard InChI is InChI=1S/C13H12N2O2/c16-13(14-11-7-3-1-4-8-11)15-17-12-9-5-2-6-10-12/h1-10H,(H2,14,15,16). The summed E-state index contributed by atoms with van der Waals surface area (Å²) in [5.74, 6) is 0.579. The molecular weight excluding hydrogens is 216 g/mol. The summed E-state index contributed by atoms with van der Waals surface area (Å²) < 4.78 is 0. The van der Waals surface area contributed by atoms with E-state index in [1.54, 1.807) is 24.3 Å². The van der Waals surface area contributed by atoms with Crippen LogP contribution >= 0.6 is 0 Å². The number of urea groups is 1. The minimum absolute atomic E-state index is 0.417. The molecule has 0 aliphatic heterocycles. The molecule has 0 aliphatic carbocycles. The molecule has 0 unspecified atom stereocenters. The minimum Gasteiger partial charge on any atom is -0.378 e. The fraction of sp³-hybridized carbons (Fsp3) is 0. The molecule has 2 rings (SSSR count). The summed E-state index contributed by atoms with van der Waals surface area (Å²) in [5.41, 5.74) is 3.01. The molecule has 0 spiro atoms. The first kappa shape index (κ1) is 11.0. The molecule has 0 bridgehead atoms. The third-order valence-corrected chi connectivity index (χ3v) is 2.04. The molecule has 0 atom stereocenters. The van der Waals surface area contributed by atoms with Crippen molar-refractivity contribution in [2.45, 2.75) is 0 Å². The first-order chi connectivity index (χ1) is 8.34. The van der Waals surface area contributed by atoms with E-state index in [1.165, 1.54) is 0 Å². The minimum atomic E-state index is -0.417. The largest absolute Gasteiger partial charge is 0.378 e. The average molecular weight is 228 g/mol. The Morgan fingerprint density at radius 2 is 1.47 bits per heavy atom. The van der Waals surface area contributed by atoms with Gasteiger partial charge in [-0.25, -0.2) is 4.79 Å². The molecule has 4 heteroatoms. The van der Waals surface area contributed by atoms with E-state index in [2.05, 4.69) is 10.8 Å². The van der Waals surface area contributed by atoms with Crippen LogP contribution in [0.5, 0.6) is 5.75 Å². The zero-order valence-corrected chi connectivity index (χ0v) is 9.09. The fourth-order valence-corrected chi connectivity index (χ4v) is 1.27. The van der Waals surface area contributed by atoms with Gasteiger partial charge >= 0.3 is 6.03 Å². The summed E-state index contributed by atoms with van der Waals surface area (Å²) in [4.78, 5) is 16.5. The predicted octanol–water partition coefficient (Wildman–Crippen LogP) is 2.80. The van der Waals surface area contributed by atoms with E-state index in [1.807, 2.05) is 36.4 Å². The summed E-state index contributed by atoms with van der Waals surface area (Å²) in [6.07, 6.45) is 0. The molecule has 86 valence electrons. The number of hydrogen-bond acceptors (Lipinski definition) is 2. The molecule has 2 amide bonds. The number of hydrogen-bond donors (Lipinski definition) is 2.